The van der Waals surface area contributed by atoms with Gasteiger partial charge in [-0.1, -0.05) is 36.4 Å². The summed E-state index contributed by atoms with van der Waals surface area (Å²) in [5, 5.41) is 0. The second kappa shape index (κ2) is 27.2. The molecule has 0 amide bonds. The molecule has 0 saturated carbocycles. The topological polar surface area (TPSA) is 203 Å². The average molecular weight is 900 g/mol. The SMILES string of the molecule is CCOCCOc1c2cccc1Cc1cc(N=C(N)N)cc(c1OCCOCC)Cc1cccc(c1OCCOCC)Cc1cc(N=C(N)N)cc(c1OCCOCC)C2.Cl.Cl. The number of nitrogens with zero attached hydrogens (tertiary/aromatic N) is 2. The van der Waals surface area contributed by atoms with Crippen LogP contribution in [0.5, 0.6) is 23.0 Å². The summed E-state index contributed by atoms with van der Waals surface area (Å²) in [7, 11) is 0. The van der Waals surface area contributed by atoms with Crippen LogP contribution in [0.4, 0.5) is 11.4 Å². The number of hydrogen-bond acceptors (Lipinski definition) is 10. The van der Waals surface area contributed by atoms with E-state index in [1.807, 2.05) is 64.1 Å². The summed E-state index contributed by atoms with van der Waals surface area (Å²) in [6.07, 6.45) is 1.71. The fourth-order valence-corrected chi connectivity index (χ4v) is 7.21. The van der Waals surface area contributed by atoms with Gasteiger partial charge in [-0.05, 0) is 74.2 Å². The van der Waals surface area contributed by atoms with E-state index in [0.717, 1.165) is 56.0 Å². The van der Waals surface area contributed by atoms with Crippen molar-refractivity contribution in [2.45, 2.75) is 53.4 Å². The molecule has 1 aliphatic rings. The Hall–Kier alpha value is -4.96. The molecule has 62 heavy (non-hydrogen) atoms. The van der Waals surface area contributed by atoms with Crippen LogP contribution in [0.3, 0.4) is 0 Å². The predicted molar refractivity (Wildman–Crippen MR) is 250 cm³/mol. The first-order chi connectivity index (χ1) is 29.2. The van der Waals surface area contributed by atoms with Crippen molar-refractivity contribution in [2.24, 2.45) is 32.9 Å². The summed E-state index contributed by atoms with van der Waals surface area (Å²) in [6.45, 7) is 13.2. The van der Waals surface area contributed by atoms with Crippen molar-refractivity contribution in [1.29, 1.82) is 0 Å². The minimum absolute atomic E-state index is 0. The van der Waals surface area contributed by atoms with Gasteiger partial charge in [0.25, 0.3) is 0 Å². The number of halogens is 2. The molecule has 16 heteroatoms. The zero-order chi connectivity index (χ0) is 42.7. The summed E-state index contributed by atoms with van der Waals surface area (Å²) >= 11 is 0. The van der Waals surface area contributed by atoms with Crippen molar-refractivity contribution in [3.8, 4) is 23.0 Å². The normalized spacial score (nSPS) is 11.7. The first-order valence-electron chi connectivity index (χ1n) is 20.8. The number of fused-ring (bicyclic) bond motifs is 8. The number of aliphatic imine (C=N–C) groups is 2. The maximum atomic E-state index is 6.66. The van der Waals surface area contributed by atoms with E-state index >= 15 is 0 Å². The van der Waals surface area contributed by atoms with Gasteiger partial charge in [-0.15, -0.1) is 24.8 Å². The van der Waals surface area contributed by atoms with Gasteiger partial charge in [0.05, 0.1) is 37.8 Å². The molecule has 0 heterocycles. The standard InChI is InChI=1S/C46H62N6O8.2ClH/c1-5-53-15-19-57-41-31-11-9-12-32(41)24-36-28-40(52-46(49)50)30-38(44(36)60-22-18-56-8-4)26-34-14-10-13-33(42(34)58-20-16-54-6-2)25-37-29-39(51-45(47)48)27-35(23-31)43(37)59-21-17-55-7-3;;/h9-14,27-30H,5-8,15-26H2,1-4H3,(H4,47,48,51)(H4,49,50,52);2*1H. The van der Waals surface area contributed by atoms with Crippen molar-refractivity contribution in [3.63, 3.8) is 0 Å². The molecule has 0 radical (unpaired) electrons. The summed E-state index contributed by atoms with van der Waals surface area (Å²) in [4.78, 5) is 9.05. The van der Waals surface area contributed by atoms with Crippen LogP contribution in [0.2, 0.25) is 0 Å². The third-order valence-electron chi connectivity index (χ3n) is 9.56. The Balaban J connectivity index is 0.00000512. The lowest BCUT2D eigenvalue weighted by atomic mass is 9.90. The highest BCUT2D eigenvalue weighted by Crippen LogP contribution is 2.41. The van der Waals surface area contributed by atoms with Crippen LogP contribution in [0.15, 0.2) is 70.6 Å². The summed E-state index contributed by atoms with van der Waals surface area (Å²) in [5.41, 5.74) is 32.3. The van der Waals surface area contributed by atoms with Crippen LogP contribution in [-0.2, 0) is 44.6 Å². The molecule has 4 aromatic rings. The second-order valence-corrected chi connectivity index (χ2v) is 14.0. The van der Waals surface area contributed by atoms with Gasteiger partial charge in [-0.25, -0.2) is 9.98 Å². The Kier molecular flexibility index (Phi) is 22.5. The van der Waals surface area contributed by atoms with Gasteiger partial charge in [0, 0.05) is 74.4 Å². The maximum Gasteiger partial charge on any atom is 0.191 e. The molecular weight excluding hydrogens is 835 g/mol. The lowest BCUT2D eigenvalue weighted by Crippen LogP contribution is -2.22. The van der Waals surface area contributed by atoms with Gasteiger partial charge in [0.2, 0.25) is 0 Å². The minimum atomic E-state index is -0.0523. The number of benzene rings is 4. The van der Waals surface area contributed by atoms with Crippen LogP contribution >= 0.6 is 24.8 Å². The highest BCUT2D eigenvalue weighted by Gasteiger charge is 2.23. The number of ether oxygens (including phenoxy) is 8. The highest BCUT2D eigenvalue weighted by atomic mass is 35.5. The van der Waals surface area contributed by atoms with E-state index in [2.05, 4.69) is 34.3 Å². The quantitative estimate of drug-likeness (QED) is 0.0327. The minimum Gasteiger partial charge on any atom is -0.491 e. The van der Waals surface area contributed by atoms with Gasteiger partial charge >= 0.3 is 0 Å². The van der Waals surface area contributed by atoms with Gasteiger partial charge in [0.15, 0.2) is 11.9 Å². The molecule has 14 nitrogen and oxygen atoms in total. The van der Waals surface area contributed by atoms with Gasteiger partial charge in [-0.2, -0.15) is 0 Å². The molecule has 5 rings (SSSR count). The zero-order valence-corrected chi connectivity index (χ0v) is 38.0. The highest BCUT2D eigenvalue weighted by molar-refractivity contribution is 5.85. The molecule has 8 N–H and O–H groups in total. The van der Waals surface area contributed by atoms with E-state index in [9.17, 15) is 0 Å². The van der Waals surface area contributed by atoms with E-state index in [4.69, 9.17) is 60.8 Å². The third-order valence-corrected chi connectivity index (χ3v) is 9.56. The Bertz CT molecular complexity index is 1820. The van der Waals surface area contributed by atoms with Crippen molar-refractivity contribution in [1.82, 2.24) is 0 Å². The molecule has 0 fully saturated rings. The Labute approximate surface area is 378 Å². The lowest BCUT2D eigenvalue weighted by molar-refractivity contribution is 0.108. The van der Waals surface area contributed by atoms with Crippen LogP contribution in [0, 0.1) is 0 Å². The van der Waals surface area contributed by atoms with Crippen LogP contribution in [0.25, 0.3) is 0 Å². The first kappa shape index (κ1) is 51.4. The summed E-state index contributed by atoms with van der Waals surface area (Å²) < 4.78 is 49.4. The fraction of sp³-hybridized carbons (Fsp3) is 0.435. The second-order valence-electron chi connectivity index (χ2n) is 14.0. The first-order valence-corrected chi connectivity index (χ1v) is 20.8. The number of para-hydroxylation sites is 2. The number of hydrogen-bond donors (Lipinski definition) is 4. The number of rotatable bonds is 22. The fourth-order valence-electron chi connectivity index (χ4n) is 7.21. The smallest absolute Gasteiger partial charge is 0.191 e. The van der Waals surface area contributed by atoms with E-state index in [1.165, 1.54) is 0 Å². The molecule has 0 unspecified atom stereocenters. The lowest BCUT2D eigenvalue weighted by Gasteiger charge is -2.23. The third kappa shape index (κ3) is 15.1. The summed E-state index contributed by atoms with van der Waals surface area (Å²) in [5.74, 6) is 2.77. The molecule has 0 atom stereocenters. The van der Waals surface area contributed by atoms with E-state index in [0.29, 0.717) is 128 Å². The average Bonchev–Trinajstić information content (AvgIpc) is 3.20. The summed E-state index contributed by atoms with van der Waals surface area (Å²) in [6, 6.07) is 20.2. The molecular formula is C46H64Cl2N6O8. The largest absolute Gasteiger partial charge is 0.491 e. The molecule has 1 aliphatic carbocycles. The van der Waals surface area contributed by atoms with Crippen molar-refractivity contribution < 1.29 is 37.9 Å². The number of nitrogens with two attached hydrogens (primary N) is 4. The molecule has 8 bridgehead atoms. The molecule has 0 aliphatic heterocycles. The Morgan fingerprint density at radius 2 is 0.645 bits per heavy atom. The zero-order valence-electron chi connectivity index (χ0n) is 36.4. The van der Waals surface area contributed by atoms with Crippen molar-refractivity contribution in [2.75, 3.05) is 79.3 Å². The van der Waals surface area contributed by atoms with Gasteiger partial charge in [-0.3, -0.25) is 0 Å². The van der Waals surface area contributed by atoms with Crippen molar-refractivity contribution in [3.05, 3.63) is 105 Å². The van der Waals surface area contributed by atoms with Crippen LogP contribution < -0.4 is 41.9 Å². The van der Waals surface area contributed by atoms with Crippen molar-refractivity contribution >= 4 is 48.1 Å². The predicted octanol–water partition coefficient (Wildman–Crippen LogP) is 6.68. The Morgan fingerprint density at radius 3 is 0.871 bits per heavy atom. The number of guanidine groups is 2. The molecule has 340 valence electrons. The van der Waals surface area contributed by atoms with E-state index in [1.54, 1.807) is 0 Å². The Morgan fingerprint density at radius 1 is 0.403 bits per heavy atom. The maximum absolute atomic E-state index is 6.66. The van der Waals surface area contributed by atoms with Gasteiger partial charge < -0.3 is 60.8 Å². The molecule has 0 saturated heterocycles. The van der Waals surface area contributed by atoms with Crippen LogP contribution in [-0.4, -0.2) is 91.2 Å². The van der Waals surface area contributed by atoms with Crippen LogP contribution in [0.1, 0.15) is 72.2 Å². The van der Waals surface area contributed by atoms with Gasteiger partial charge in [0.1, 0.15) is 49.4 Å². The van der Waals surface area contributed by atoms with E-state index < -0.39 is 0 Å². The molecule has 4 aromatic carbocycles. The van der Waals surface area contributed by atoms with E-state index in [-0.39, 0.29) is 36.7 Å². The molecule has 0 aromatic heterocycles. The monoisotopic (exact) mass is 898 g/mol. The molecule has 0 spiro atoms.